The molecule has 18 heavy (non-hydrogen) atoms. The Hall–Kier alpha value is -0.120. The summed E-state index contributed by atoms with van der Waals surface area (Å²) in [7, 11) is 0. The Morgan fingerprint density at radius 3 is 2.72 bits per heavy atom. The van der Waals surface area contributed by atoms with Gasteiger partial charge in [0.25, 0.3) is 0 Å². The molecule has 0 aromatic carbocycles. The second kappa shape index (κ2) is 6.88. The van der Waals surface area contributed by atoms with E-state index in [0.717, 1.165) is 26.3 Å². The number of nitrogens with one attached hydrogen (secondary N) is 1. The minimum Gasteiger partial charge on any atom is -0.380 e. The average molecular weight is 254 g/mol. The van der Waals surface area contributed by atoms with Crippen molar-refractivity contribution in [1.29, 1.82) is 0 Å². The normalized spacial score (nSPS) is 24.8. The molecular formula is C15H30N2O. The first-order valence-corrected chi connectivity index (χ1v) is 7.75. The van der Waals surface area contributed by atoms with Crippen molar-refractivity contribution < 1.29 is 4.74 Å². The molecule has 0 atom stereocenters. The smallest absolute Gasteiger partial charge is 0.0593 e. The van der Waals surface area contributed by atoms with Crippen LogP contribution in [0.1, 0.15) is 46.0 Å². The zero-order valence-electron chi connectivity index (χ0n) is 12.2. The van der Waals surface area contributed by atoms with Gasteiger partial charge in [-0.1, -0.05) is 33.1 Å². The lowest BCUT2D eigenvalue weighted by molar-refractivity contribution is 0.0516. The average Bonchev–Trinajstić information content (AvgIpc) is 2.36. The molecule has 1 aliphatic heterocycles. The quantitative estimate of drug-likeness (QED) is 0.762. The highest BCUT2D eigenvalue weighted by molar-refractivity contribution is 4.96. The van der Waals surface area contributed by atoms with Crippen LogP contribution in [-0.2, 0) is 4.74 Å². The van der Waals surface area contributed by atoms with E-state index >= 15 is 0 Å². The highest BCUT2D eigenvalue weighted by atomic mass is 16.5. The van der Waals surface area contributed by atoms with Crippen LogP contribution in [-0.4, -0.2) is 49.8 Å². The van der Waals surface area contributed by atoms with Gasteiger partial charge in [0, 0.05) is 38.3 Å². The largest absolute Gasteiger partial charge is 0.380 e. The van der Waals surface area contributed by atoms with Gasteiger partial charge >= 0.3 is 0 Å². The van der Waals surface area contributed by atoms with E-state index in [1.807, 2.05) is 0 Å². The molecule has 1 saturated carbocycles. The van der Waals surface area contributed by atoms with Crippen molar-refractivity contribution in [2.75, 3.05) is 39.4 Å². The maximum Gasteiger partial charge on any atom is 0.0593 e. The van der Waals surface area contributed by atoms with Crippen molar-refractivity contribution in [3.8, 4) is 0 Å². The molecule has 0 unspecified atom stereocenters. The van der Waals surface area contributed by atoms with Crippen LogP contribution in [0, 0.1) is 5.92 Å². The summed E-state index contributed by atoms with van der Waals surface area (Å²) < 4.78 is 5.71. The lowest BCUT2D eigenvalue weighted by atomic mass is 9.80. The second-order valence-electron chi connectivity index (χ2n) is 6.51. The molecule has 1 heterocycles. The second-order valence-corrected chi connectivity index (χ2v) is 6.51. The molecule has 0 amide bonds. The summed E-state index contributed by atoms with van der Waals surface area (Å²) >= 11 is 0. The molecular weight excluding hydrogens is 224 g/mol. The van der Waals surface area contributed by atoms with Gasteiger partial charge in [-0.25, -0.2) is 0 Å². The van der Waals surface area contributed by atoms with Gasteiger partial charge in [0.1, 0.15) is 0 Å². The number of rotatable bonds is 5. The van der Waals surface area contributed by atoms with Gasteiger partial charge in [-0.2, -0.15) is 0 Å². The van der Waals surface area contributed by atoms with Crippen LogP contribution in [0.25, 0.3) is 0 Å². The molecule has 1 aliphatic carbocycles. The van der Waals surface area contributed by atoms with E-state index < -0.39 is 0 Å². The Morgan fingerprint density at radius 1 is 1.22 bits per heavy atom. The third-order valence-electron chi connectivity index (χ3n) is 4.27. The summed E-state index contributed by atoms with van der Waals surface area (Å²) in [4.78, 5) is 2.60. The molecule has 0 aromatic rings. The Labute approximate surface area is 112 Å². The third-order valence-corrected chi connectivity index (χ3v) is 4.27. The molecule has 1 N–H and O–H groups in total. The van der Waals surface area contributed by atoms with Crippen LogP contribution in [0.3, 0.4) is 0 Å². The van der Waals surface area contributed by atoms with Crippen LogP contribution in [0.5, 0.6) is 0 Å². The predicted molar refractivity (Wildman–Crippen MR) is 75.9 cm³/mol. The third kappa shape index (κ3) is 4.22. The fraction of sp³-hybridized carbons (Fsp3) is 1.00. The number of piperazine rings is 1. The summed E-state index contributed by atoms with van der Waals surface area (Å²) in [6, 6.07) is 0. The molecule has 0 radical (unpaired) electrons. The van der Waals surface area contributed by atoms with Crippen molar-refractivity contribution in [3.63, 3.8) is 0 Å². The summed E-state index contributed by atoms with van der Waals surface area (Å²) in [5.74, 6) is 0.651. The molecule has 0 aromatic heterocycles. The predicted octanol–water partition coefficient (Wildman–Crippen LogP) is 2.27. The number of nitrogens with zero attached hydrogens (tertiary/aromatic N) is 1. The van der Waals surface area contributed by atoms with E-state index in [0.29, 0.717) is 11.5 Å². The van der Waals surface area contributed by atoms with Gasteiger partial charge in [-0.15, -0.1) is 0 Å². The first-order valence-electron chi connectivity index (χ1n) is 7.75. The molecule has 1 spiro atoms. The van der Waals surface area contributed by atoms with E-state index in [1.165, 1.54) is 45.2 Å². The van der Waals surface area contributed by atoms with Crippen molar-refractivity contribution >= 4 is 0 Å². The summed E-state index contributed by atoms with van der Waals surface area (Å²) in [6.07, 6.45) is 6.99. The van der Waals surface area contributed by atoms with Crippen LogP contribution in [0.15, 0.2) is 0 Å². The van der Waals surface area contributed by atoms with E-state index in [9.17, 15) is 0 Å². The van der Waals surface area contributed by atoms with Crippen LogP contribution in [0.2, 0.25) is 0 Å². The van der Waals surface area contributed by atoms with Crippen LogP contribution in [0.4, 0.5) is 0 Å². The van der Waals surface area contributed by atoms with Crippen molar-refractivity contribution in [2.45, 2.75) is 51.5 Å². The Morgan fingerprint density at radius 2 is 2.00 bits per heavy atom. The Kier molecular flexibility index (Phi) is 5.46. The zero-order chi connectivity index (χ0) is 12.8. The summed E-state index contributed by atoms with van der Waals surface area (Å²) in [5.41, 5.74) is 0.439. The highest BCUT2D eigenvalue weighted by Gasteiger charge is 2.35. The van der Waals surface area contributed by atoms with Gasteiger partial charge in [-0.3, -0.25) is 4.90 Å². The Balaban J connectivity index is 1.69. The monoisotopic (exact) mass is 254 g/mol. The van der Waals surface area contributed by atoms with Crippen molar-refractivity contribution in [2.24, 2.45) is 5.92 Å². The number of ether oxygens (including phenoxy) is 1. The molecule has 0 bridgehead atoms. The van der Waals surface area contributed by atoms with E-state index in [1.54, 1.807) is 0 Å². The first kappa shape index (κ1) is 14.3. The first-order chi connectivity index (χ1) is 8.70. The molecule has 1 saturated heterocycles. The molecule has 3 nitrogen and oxygen atoms in total. The fourth-order valence-corrected chi connectivity index (χ4v) is 3.31. The van der Waals surface area contributed by atoms with E-state index in [-0.39, 0.29) is 0 Å². The van der Waals surface area contributed by atoms with Gasteiger partial charge in [-0.05, 0) is 18.8 Å². The molecule has 3 heteroatoms. The minimum atomic E-state index is 0.439. The number of hydrogen-bond donors (Lipinski definition) is 1. The maximum atomic E-state index is 5.71. The number of hydrogen-bond acceptors (Lipinski definition) is 3. The lowest BCUT2D eigenvalue weighted by Crippen LogP contribution is -2.61. The fourth-order valence-electron chi connectivity index (χ4n) is 3.31. The van der Waals surface area contributed by atoms with E-state index in [2.05, 4.69) is 24.1 Å². The molecule has 2 rings (SSSR count). The van der Waals surface area contributed by atoms with Crippen LogP contribution >= 0.6 is 0 Å². The summed E-state index contributed by atoms with van der Waals surface area (Å²) in [6.45, 7) is 10.9. The van der Waals surface area contributed by atoms with Gasteiger partial charge < -0.3 is 10.1 Å². The molecule has 2 aliphatic rings. The lowest BCUT2D eigenvalue weighted by Gasteiger charge is -2.46. The van der Waals surface area contributed by atoms with Crippen LogP contribution < -0.4 is 5.32 Å². The van der Waals surface area contributed by atoms with Crippen molar-refractivity contribution in [3.05, 3.63) is 0 Å². The van der Waals surface area contributed by atoms with Gasteiger partial charge in [0.2, 0.25) is 0 Å². The van der Waals surface area contributed by atoms with Gasteiger partial charge in [0.05, 0.1) is 6.61 Å². The molecule has 106 valence electrons. The summed E-state index contributed by atoms with van der Waals surface area (Å²) in [5, 5.41) is 3.79. The maximum absolute atomic E-state index is 5.71. The molecule has 2 fully saturated rings. The standard InChI is InChI=1S/C15H30N2O/c1-14(2)12-18-11-10-17-9-8-16-15(13-17)6-4-3-5-7-15/h14,16H,3-13H2,1-2H3. The minimum absolute atomic E-state index is 0.439. The topological polar surface area (TPSA) is 24.5 Å². The SMILES string of the molecule is CC(C)COCCN1CCNC2(CCCCC2)C1. The zero-order valence-corrected chi connectivity index (χ0v) is 12.2. The van der Waals surface area contributed by atoms with Crippen molar-refractivity contribution in [1.82, 2.24) is 10.2 Å². The van der Waals surface area contributed by atoms with Gasteiger partial charge in [0.15, 0.2) is 0 Å². The highest BCUT2D eigenvalue weighted by Crippen LogP contribution is 2.30. The van der Waals surface area contributed by atoms with E-state index in [4.69, 9.17) is 4.74 Å². The Bertz CT molecular complexity index is 231.